The Morgan fingerprint density at radius 1 is 1.19 bits per heavy atom. The number of halogens is 2. The molecule has 2 rings (SSSR count). The van der Waals surface area contributed by atoms with Gasteiger partial charge in [0.2, 0.25) is 5.91 Å². The Kier molecular flexibility index (Phi) is 13.2. The van der Waals surface area contributed by atoms with Crippen LogP contribution in [0.5, 0.6) is 0 Å². The molecule has 0 bridgehead atoms. The molecule has 1 aliphatic rings. The van der Waals surface area contributed by atoms with Crippen LogP contribution in [0.15, 0.2) is 38.6 Å². The first-order valence-corrected chi connectivity index (χ1v) is 11.2. The summed E-state index contributed by atoms with van der Waals surface area (Å²) < 4.78 is 1.16. The Morgan fingerprint density at radius 2 is 1.93 bits per heavy atom. The van der Waals surface area contributed by atoms with Crippen LogP contribution >= 0.6 is 51.7 Å². The van der Waals surface area contributed by atoms with Crippen molar-refractivity contribution in [2.24, 2.45) is 10.9 Å². The Morgan fingerprint density at radius 3 is 2.63 bits per heavy atom. The van der Waals surface area contributed by atoms with Crippen LogP contribution in [0.25, 0.3) is 0 Å². The van der Waals surface area contributed by atoms with Gasteiger partial charge in [0.25, 0.3) is 0 Å². The minimum Gasteiger partial charge on any atom is -0.357 e. The first-order chi connectivity index (χ1) is 12.7. The van der Waals surface area contributed by atoms with Crippen LogP contribution in [0.1, 0.15) is 32.6 Å². The predicted molar refractivity (Wildman–Crippen MR) is 129 cm³/mol. The average molecular weight is 569 g/mol. The van der Waals surface area contributed by atoms with Crippen LogP contribution < -0.4 is 16.0 Å². The normalized spacial score (nSPS) is 13.6. The van der Waals surface area contributed by atoms with Gasteiger partial charge in [0.15, 0.2) is 5.96 Å². The van der Waals surface area contributed by atoms with E-state index in [1.165, 1.54) is 4.90 Å². The second-order valence-corrected chi connectivity index (χ2v) is 8.23. The molecule has 0 aromatic heterocycles. The summed E-state index contributed by atoms with van der Waals surface area (Å²) in [5, 5.41) is 9.47. The number of hydrogen-bond acceptors (Lipinski definition) is 3. The molecular formula is C19H30BrIN4OS. The number of aliphatic imine (C=N–C) groups is 1. The van der Waals surface area contributed by atoms with Gasteiger partial charge >= 0.3 is 0 Å². The van der Waals surface area contributed by atoms with Crippen molar-refractivity contribution in [2.45, 2.75) is 37.5 Å². The molecule has 0 unspecified atom stereocenters. The number of thioether (sulfide) groups is 1. The van der Waals surface area contributed by atoms with Crippen molar-refractivity contribution >= 4 is 63.5 Å². The lowest BCUT2D eigenvalue weighted by molar-refractivity contribution is -0.122. The number of benzene rings is 1. The van der Waals surface area contributed by atoms with E-state index >= 15 is 0 Å². The lowest BCUT2D eigenvalue weighted by Gasteiger charge is -2.11. The SMILES string of the molecule is CCNC(=NCCCCSc1ccccc1Br)NCCNC(=O)C1CC1.I. The number of hydrogen-bond donors (Lipinski definition) is 3. The Bertz CT molecular complexity index is 599. The van der Waals surface area contributed by atoms with Crippen molar-refractivity contribution < 1.29 is 4.79 Å². The maximum absolute atomic E-state index is 11.6. The second-order valence-electron chi connectivity index (χ2n) is 6.24. The van der Waals surface area contributed by atoms with E-state index in [4.69, 9.17) is 0 Å². The zero-order valence-corrected chi connectivity index (χ0v) is 20.5. The molecule has 3 N–H and O–H groups in total. The summed E-state index contributed by atoms with van der Waals surface area (Å²) in [7, 11) is 0. The van der Waals surface area contributed by atoms with Crippen LogP contribution in [-0.2, 0) is 4.79 Å². The fourth-order valence-corrected chi connectivity index (χ4v) is 3.92. The van der Waals surface area contributed by atoms with Crippen molar-refractivity contribution in [1.29, 1.82) is 0 Å². The summed E-state index contributed by atoms with van der Waals surface area (Å²) in [6.45, 7) is 5.03. The van der Waals surface area contributed by atoms with Gasteiger partial charge in [-0.2, -0.15) is 0 Å². The fourth-order valence-electron chi connectivity index (χ4n) is 2.35. The highest BCUT2D eigenvalue weighted by atomic mass is 127. The molecule has 27 heavy (non-hydrogen) atoms. The third-order valence-electron chi connectivity index (χ3n) is 3.93. The van der Waals surface area contributed by atoms with Crippen molar-refractivity contribution in [2.75, 3.05) is 31.9 Å². The molecular weight excluding hydrogens is 539 g/mol. The van der Waals surface area contributed by atoms with E-state index in [0.717, 1.165) is 55.0 Å². The third kappa shape index (κ3) is 10.6. The molecule has 1 fully saturated rings. The number of carbonyl (C=O) groups is 1. The summed E-state index contributed by atoms with van der Waals surface area (Å²) in [6.07, 6.45) is 4.28. The van der Waals surface area contributed by atoms with E-state index in [-0.39, 0.29) is 35.8 Å². The molecule has 5 nitrogen and oxygen atoms in total. The van der Waals surface area contributed by atoms with Gasteiger partial charge in [-0.3, -0.25) is 9.79 Å². The van der Waals surface area contributed by atoms with Crippen LogP contribution in [0.2, 0.25) is 0 Å². The molecule has 0 radical (unpaired) electrons. The number of nitrogens with one attached hydrogen (secondary N) is 3. The lowest BCUT2D eigenvalue weighted by atomic mass is 10.3. The second kappa shape index (κ2) is 14.5. The summed E-state index contributed by atoms with van der Waals surface area (Å²) in [6, 6.07) is 8.32. The Balaban J connectivity index is 0.00000364. The maximum Gasteiger partial charge on any atom is 0.223 e. The number of guanidine groups is 1. The highest BCUT2D eigenvalue weighted by molar-refractivity contribution is 14.0. The molecule has 0 aliphatic heterocycles. The molecule has 0 atom stereocenters. The number of nitrogens with zero attached hydrogens (tertiary/aromatic N) is 1. The molecule has 1 amide bonds. The Labute approximate surface area is 192 Å². The van der Waals surface area contributed by atoms with Crippen molar-refractivity contribution in [3.8, 4) is 0 Å². The largest absolute Gasteiger partial charge is 0.357 e. The molecule has 0 spiro atoms. The zero-order valence-electron chi connectivity index (χ0n) is 15.8. The van der Waals surface area contributed by atoms with Gasteiger partial charge in [-0.05, 0) is 66.4 Å². The summed E-state index contributed by atoms with van der Waals surface area (Å²) in [4.78, 5) is 17.5. The molecule has 1 saturated carbocycles. The number of rotatable bonds is 11. The van der Waals surface area contributed by atoms with E-state index in [9.17, 15) is 4.79 Å². The molecule has 0 saturated heterocycles. The smallest absolute Gasteiger partial charge is 0.223 e. The molecule has 8 heteroatoms. The lowest BCUT2D eigenvalue weighted by Crippen LogP contribution is -2.41. The van der Waals surface area contributed by atoms with E-state index in [0.29, 0.717) is 13.1 Å². The van der Waals surface area contributed by atoms with Gasteiger partial charge in [0.1, 0.15) is 0 Å². The zero-order chi connectivity index (χ0) is 18.6. The number of unbranched alkanes of at least 4 members (excludes halogenated alkanes) is 1. The van der Waals surface area contributed by atoms with E-state index in [1.54, 1.807) is 0 Å². The van der Waals surface area contributed by atoms with Crippen LogP contribution in [0.3, 0.4) is 0 Å². The van der Waals surface area contributed by atoms with Crippen molar-refractivity contribution in [1.82, 2.24) is 16.0 Å². The minimum atomic E-state index is 0. The average Bonchev–Trinajstić information content (AvgIpc) is 3.48. The molecule has 152 valence electrons. The highest BCUT2D eigenvalue weighted by Gasteiger charge is 2.28. The van der Waals surface area contributed by atoms with Gasteiger partial charge in [-0.15, -0.1) is 35.7 Å². The van der Waals surface area contributed by atoms with Gasteiger partial charge in [0, 0.05) is 41.5 Å². The summed E-state index contributed by atoms with van der Waals surface area (Å²) in [5.74, 6) is 2.38. The van der Waals surface area contributed by atoms with Crippen LogP contribution in [0.4, 0.5) is 0 Å². The molecule has 1 aromatic carbocycles. The standard InChI is InChI=1S/C19H29BrN4OS.HI/c1-2-21-19(24-13-12-22-18(25)15-9-10-15)23-11-5-6-14-26-17-8-4-3-7-16(17)20;/h3-4,7-8,15H,2,5-6,9-14H2,1H3,(H,22,25)(H2,21,23,24);1H. The molecule has 0 heterocycles. The van der Waals surface area contributed by atoms with Crippen LogP contribution in [0, 0.1) is 5.92 Å². The van der Waals surface area contributed by atoms with Crippen molar-refractivity contribution in [3.63, 3.8) is 0 Å². The van der Waals surface area contributed by atoms with E-state index in [2.05, 4.69) is 62.0 Å². The minimum absolute atomic E-state index is 0. The topological polar surface area (TPSA) is 65.5 Å². The number of amides is 1. The van der Waals surface area contributed by atoms with Gasteiger partial charge in [0.05, 0.1) is 0 Å². The number of carbonyl (C=O) groups excluding carboxylic acids is 1. The van der Waals surface area contributed by atoms with Gasteiger partial charge in [-0.25, -0.2) is 0 Å². The van der Waals surface area contributed by atoms with Gasteiger partial charge < -0.3 is 16.0 Å². The monoisotopic (exact) mass is 568 g/mol. The summed E-state index contributed by atoms with van der Waals surface area (Å²) >= 11 is 5.46. The Hall–Kier alpha value is -0.480. The van der Waals surface area contributed by atoms with Crippen molar-refractivity contribution in [3.05, 3.63) is 28.7 Å². The molecule has 1 aromatic rings. The quantitative estimate of drug-likeness (QED) is 0.124. The third-order valence-corrected chi connectivity index (χ3v) is 6.04. The van der Waals surface area contributed by atoms with Crippen LogP contribution in [-0.4, -0.2) is 43.8 Å². The first kappa shape index (κ1) is 24.6. The summed E-state index contributed by atoms with van der Waals surface area (Å²) in [5.41, 5.74) is 0. The molecule has 1 aliphatic carbocycles. The van der Waals surface area contributed by atoms with E-state index in [1.807, 2.05) is 17.8 Å². The predicted octanol–water partition coefficient (Wildman–Crippen LogP) is 4.02. The highest BCUT2D eigenvalue weighted by Crippen LogP contribution is 2.28. The fraction of sp³-hybridized carbons (Fsp3) is 0.579. The van der Waals surface area contributed by atoms with Gasteiger partial charge in [-0.1, -0.05) is 12.1 Å². The first-order valence-electron chi connectivity index (χ1n) is 9.38. The van der Waals surface area contributed by atoms with E-state index < -0.39 is 0 Å². The maximum atomic E-state index is 11.6.